The Morgan fingerprint density at radius 1 is 1.33 bits per heavy atom. The van der Waals surface area contributed by atoms with Crippen molar-refractivity contribution in [2.75, 3.05) is 17.7 Å². The molecule has 112 valence electrons. The number of carbonyl (C=O) groups is 1. The van der Waals surface area contributed by atoms with Crippen LogP contribution in [0.1, 0.15) is 22.2 Å². The molecule has 0 aliphatic heterocycles. The second-order valence-corrected chi connectivity index (χ2v) is 6.13. The molecule has 0 saturated heterocycles. The summed E-state index contributed by atoms with van der Waals surface area (Å²) in [6.07, 6.45) is 0.212. The van der Waals surface area contributed by atoms with E-state index in [-0.39, 0.29) is 12.4 Å². The van der Waals surface area contributed by atoms with Gasteiger partial charge in [-0.1, -0.05) is 6.07 Å². The molecule has 5 heteroatoms. The third-order valence-electron chi connectivity index (χ3n) is 3.05. The summed E-state index contributed by atoms with van der Waals surface area (Å²) in [5, 5.41) is 3.34. The first kappa shape index (κ1) is 15.4. The van der Waals surface area contributed by atoms with Gasteiger partial charge in [0.05, 0.1) is 13.0 Å². The average Bonchev–Trinajstić information content (AvgIpc) is 2.85. The summed E-state index contributed by atoms with van der Waals surface area (Å²) in [6.45, 7) is 5.05. The largest absolute Gasteiger partial charge is 0.466 e. The fourth-order valence-corrected chi connectivity index (χ4v) is 2.83. The minimum absolute atomic E-state index is 0.212. The van der Waals surface area contributed by atoms with Gasteiger partial charge < -0.3 is 15.8 Å². The van der Waals surface area contributed by atoms with Crippen LogP contribution in [0.3, 0.4) is 0 Å². The zero-order chi connectivity index (χ0) is 15.2. The SMILES string of the molecule is CCOC(=O)Cc1ccc(NCc2ccc(C)s2)cc1N. The minimum atomic E-state index is -0.251. The number of benzene rings is 1. The molecule has 0 bridgehead atoms. The molecule has 1 heterocycles. The molecule has 1 aromatic carbocycles. The molecule has 2 rings (SSSR count). The number of nitrogens with one attached hydrogen (secondary N) is 1. The Labute approximate surface area is 128 Å². The van der Waals surface area contributed by atoms with Gasteiger partial charge in [-0.05, 0) is 43.7 Å². The predicted octanol–water partition coefficient (Wildman–Crippen LogP) is 3.36. The summed E-state index contributed by atoms with van der Waals surface area (Å²) < 4.78 is 4.93. The quantitative estimate of drug-likeness (QED) is 0.634. The molecule has 0 aliphatic rings. The lowest BCUT2D eigenvalue weighted by Gasteiger charge is -2.09. The van der Waals surface area contributed by atoms with Crippen molar-refractivity contribution < 1.29 is 9.53 Å². The number of nitrogen functional groups attached to an aromatic ring is 1. The molecule has 3 N–H and O–H groups in total. The number of carbonyl (C=O) groups excluding carboxylic acids is 1. The summed E-state index contributed by atoms with van der Waals surface area (Å²) in [5.41, 5.74) is 8.35. The maximum Gasteiger partial charge on any atom is 0.310 e. The van der Waals surface area contributed by atoms with Crippen LogP contribution >= 0.6 is 11.3 Å². The fourth-order valence-electron chi connectivity index (χ4n) is 2.00. The van der Waals surface area contributed by atoms with Crippen LogP contribution in [0.2, 0.25) is 0 Å². The number of hydrogen-bond acceptors (Lipinski definition) is 5. The van der Waals surface area contributed by atoms with Crippen molar-refractivity contribution in [2.45, 2.75) is 26.8 Å². The van der Waals surface area contributed by atoms with Gasteiger partial charge in [-0.25, -0.2) is 0 Å². The average molecular weight is 304 g/mol. The van der Waals surface area contributed by atoms with Gasteiger partial charge >= 0.3 is 5.97 Å². The second-order valence-electron chi connectivity index (χ2n) is 4.76. The van der Waals surface area contributed by atoms with E-state index in [9.17, 15) is 4.79 Å². The van der Waals surface area contributed by atoms with E-state index >= 15 is 0 Å². The highest BCUT2D eigenvalue weighted by molar-refractivity contribution is 7.11. The zero-order valence-corrected chi connectivity index (χ0v) is 13.1. The normalized spacial score (nSPS) is 10.4. The first-order valence-electron chi connectivity index (χ1n) is 6.91. The number of rotatable bonds is 6. The smallest absolute Gasteiger partial charge is 0.310 e. The Balaban J connectivity index is 1.96. The van der Waals surface area contributed by atoms with Crippen LogP contribution in [0, 0.1) is 6.92 Å². The molecule has 0 unspecified atom stereocenters. The van der Waals surface area contributed by atoms with Crippen LogP contribution in [0.4, 0.5) is 11.4 Å². The van der Waals surface area contributed by atoms with Crippen molar-refractivity contribution in [2.24, 2.45) is 0 Å². The molecular formula is C16H20N2O2S. The third-order valence-corrected chi connectivity index (χ3v) is 4.05. The summed E-state index contributed by atoms with van der Waals surface area (Å²) in [7, 11) is 0. The minimum Gasteiger partial charge on any atom is -0.466 e. The highest BCUT2D eigenvalue weighted by Crippen LogP contribution is 2.21. The van der Waals surface area contributed by atoms with Gasteiger partial charge in [0.25, 0.3) is 0 Å². The number of aryl methyl sites for hydroxylation is 1. The Morgan fingerprint density at radius 3 is 2.76 bits per heavy atom. The zero-order valence-electron chi connectivity index (χ0n) is 12.3. The second kappa shape index (κ2) is 7.13. The standard InChI is InChI=1S/C16H20N2O2S/c1-3-20-16(19)8-12-5-6-13(9-15(12)17)18-10-14-7-4-11(2)21-14/h4-7,9,18H,3,8,10,17H2,1-2H3. The third kappa shape index (κ3) is 4.49. The van der Waals surface area contributed by atoms with Crippen molar-refractivity contribution in [1.29, 1.82) is 0 Å². The number of nitrogens with two attached hydrogens (primary N) is 1. The van der Waals surface area contributed by atoms with Gasteiger partial charge in [-0.3, -0.25) is 4.79 Å². The molecule has 0 aliphatic carbocycles. The van der Waals surface area contributed by atoms with E-state index in [1.54, 1.807) is 18.3 Å². The lowest BCUT2D eigenvalue weighted by molar-refractivity contribution is -0.142. The molecular weight excluding hydrogens is 284 g/mol. The van der Waals surface area contributed by atoms with Crippen molar-refractivity contribution in [1.82, 2.24) is 0 Å². The topological polar surface area (TPSA) is 64.3 Å². The van der Waals surface area contributed by atoms with Gasteiger partial charge in [0.2, 0.25) is 0 Å². The fraction of sp³-hybridized carbons (Fsp3) is 0.312. The molecule has 0 atom stereocenters. The molecule has 21 heavy (non-hydrogen) atoms. The monoisotopic (exact) mass is 304 g/mol. The highest BCUT2D eigenvalue weighted by Gasteiger charge is 2.08. The number of thiophene rings is 1. The number of hydrogen-bond donors (Lipinski definition) is 2. The van der Waals surface area contributed by atoms with E-state index < -0.39 is 0 Å². The molecule has 4 nitrogen and oxygen atoms in total. The van der Waals surface area contributed by atoms with Gasteiger partial charge in [0, 0.05) is 27.7 Å². The summed E-state index contributed by atoms with van der Waals surface area (Å²) >= 11 is 1.77. The molecule has 1 aromatic heterocycles. The lowest BCUT2D eigenvalue weighted by Crippen LogP contribution is -2.09. The Bertz CT molecular complexity index is 622. The Hall–Kier alpha value is -2.01. The van der Waals surface area contributed by atoms with Gasteiger partial charge in [-0.15, -0.1) is 11.3 Å². The molecule has 0 spiro atoms. The van der Waals surface area contributed by atoms with Crippen LogP contribution in [0.25, 0.3) is 0 Å². The molecule has 0 amide bonds. The predicted molar refractivity (Wildman–Crippen MR) is 87.6 cm³/mol. The van der Waals surface area contributed by atoms with Crippen molar-refractivity contribution in [3.63, 3.8) is 0 Å². The molecule has 0 fully saturated rings. The van der Waals surface area contributed by atoms with E-state index in [0.717, 1.165) is 17.8 Å². The van der Waals surface area contributed by atoms with Gasteiger partial charge in [0.1, 0.15) is 0 Å². The molecule has 0 radical (unpaired) electrons. The first-order valence-corrected chi connectivity index (χ1v) is 7.73. The molecule has 0 saturated carbocycles. The van der Waals surface area contributed by atoms with Crippen molar-refractivity contribution in [3.8, 4) is 0 Å². The van der Waals surface area contributed by atoms with Crippen molar-refractivity contribution >= 4 is 28.7 Å². The summed E-state index contributed by atoms with van der Waals surface area (Å²) in [5.74, 6) is -0.251. The maximum atomic E-state index is 11.5. The Morgan fingerprint density at radius 2 is 2.14 bits per heavy atom. The van der Waals surface area contributed by atoms with Crippen LogP contribution in [-0.2, 0) is 22.5 Å². The summed E-state index contributed by atoms with van der Waals surface area (Å²) in [4.78, 5) is 14.1. The first-order chi connectivity index (χ1) is 10.1. The van der Waals surface area contributed by atoms with Crippen LogP contribution < -0.4 is 11.1 Å². The lowest BCUT2D eigenvalue weighted by atomic mass is 10.1. The number of ether oxygens (including phenoxy) is 1. The van der Waals surface area contributed by atoms with E-state index in [0.29, 0.717) is 12.3 Å². The van der Waals surface area contributed by atoms with E-state index in [2.05, 4.69) is 24.4 Å². The van der Waals surface area contributed by atoms with E-state index in [1.807, 2.05) is 18.2 Å². The van der Waals surface area contributed by atoms with E-state index in [4.69, 9.17) is 10.5 Å². The van der Waals surface area contributed by atoms with Crippen LogP contribution in [-0.4, -0.2) is 12.6 Å². The van der Waals surface area contributed by atoms with Gasteiger partial charge in [-0.2, -0.15) is 0 Å². The number of anilines is 2. The highest BCUT2D eigenvalue weighted by atomic mass is 32.1. The van der Waals surface area contributed by atoms with Crippen molar-refractivity contribution in [3.05, 3.63) is 45.6 Å². The van der Waals surface area contributed by atoms with Crippen LogP contribution in [0.15, 0.2) is 30.3 Å². The Kier molecular flexibility index (Phi) is 5.22. The van der Waals surface area contributed by atoms with Gasteiger partial charge in [0.15, 0.2) is 0 Å². The maximum absolute atomic E-state index is 11.5. The molecule has 2 aromatic rings. The van der Waals surface area contributed by atoms with Crippen LogP contribution in [0.5, 0.6) is 0 Å². The number of esters is 1. The van der Waals surface area contributed by atoms with E-state index in [1.165, 1.54) is 9.75 Å². The summed E-state index contributed by atoms with van der Waals surface area (Å²) in [6, 6.07) is 9.89.